The number of ketones is 1. The predicted octanol–water partition coefficient (Wildman–Crippen LogP) is 3.54. The summed E-state index contributed by atoms with van der Waals surface area (Å²) in [6.45, 7) is 0. The molecular formula is C23H19NO5. The summed E-state index contributed by atoms with van der Waals surface area (Å²) in [5, 5.41) is 22.9. The van der Waals surface area contributed by atoms with E-state index < -0.39 is 23.6 Å². The van der Waals surface area contributed by atoms with Crippen LogP contribution in [0.3, 0.4) is 0 Å². The summed E-state index contributed by atoms with van der Waals surface area (Å²) in [7, 11) is 1.38. The molecule has 6 nitrogen and oxygen atoms in total. The van der Waals surface area contributed by atoms with Gasteiger partial charge in [-0.1, -0.05) is 42.5 Å². The minimum absolute atomic E-state index is 0.0596. The minimum Gasteiger partial charge on any atom is -0.504 e. The molecule has 2 N–H and O–H groups in total. The molecule has 0 radical (unpaired) electrons. The topological polar surface area (TPSA) is 87.1 Å². The normalized spacial score (nSPS) is 20.7. The number of aromatic hydroxyl groups is 2. The smallest absolute Gasteiger partial charge is 0.224 e. The van der Waals surface area contributed by atoms with E-state index in [0.717, 1.165) is 16.3 Å². The van der Waals surface area contributed by atoms with Crippen molar-refractivity contribution >= 4 is 22.5 Å². The number of nitrogens with zero attached hydrogens (tertiary/aromatic N) is 1. The summed E-state index contributed by atoms with van der Waals surface area (Å²) in [6, 6.07) is 14.0. The summed E-state index contributed by atoms with van der Waals surface area (Å²) in [5.41, 5.74) is 1.39. The highest BCUT2D eigenvalue weighted by atomic mass is 16.5. The van der Waals surface area contributed by atoms with Crippen molar-refractivity contribution in [2.24, 2.45) is 0 Å². The van der Waals surface area contributed by atoms with Crippen molar-refractivity contribution < 1.29 is 24.5 Å². The first-order valence-electron chi connectivity index (χ1n) is 9.48. The van der Waals surface area contributed by atoms with Crippen molar-refractivity contribution in [3.8, 4) is 17.2 Å². The second kappa shape index (κ2) is 6.24. The molecule has 0 spiro atoms. The monoisotopic (exact) mass is 389 g/mol. The Bertz CT molecular complexity index is 1180. The molecule has 6 heteroatoms. The molecule has 1 fully saturated rings. The van der Waals surface area contributed by atoms with Gasteiger partial charge in [-0.15, -0.1) is 0 Å². The van der Waals surface area contributed by atoms with Gasteiger partial charge in [-0.25, -0.2) is 0 Å². The van der Waals surface area contributed by atoms with Crippen molar-refractivity contribution in [1.29, 1.82) is 0 Å². The average molecular weight is 389 g/mol. The van der Waals surface area contributed by atoms with E-state index in [0.29, 0.717) is 12.0 Å². The van der Waals surface area contributed by atoms with Crippen LogP contribution in [-0.2, 0) is 4.79 Å². The second-order valence-electron chi connectivity index (χ2n) is 7.43. The van der Waals surface area contributed by atoms with Gasteiger partial charge >= 0.3 is 0 Å². The number of phenolic OH excluding ortho intramolecular Hbond substituents is 2. The van der Waals surface area contributed by atoms with E-state index in [4.69, 9.17) is 4.74 Å². The van der Waals surface area contributed by atoms with Gasteiger partial charge in [0.2, 0.25) is 11.7 Å². The van der Waals surface area contributed by atoms with Gasteiger partial charge in [0.25, 0.3) is 0 Å². The van der Waals surface area contributed by atoms with Gasteiger partial charge in [0.05, 0.1) is 24.8 Å². The van der Waals surface area contributed by atoms with Crippen LogP contribution in [0.25, 0.3) is 10.8 Å². The molecular weight excluding hydrogens is 370 g/mol. The lowest BCUT2D eigenvalue weighted by molar-refractivity contribution is -0.130. The molecule has 0 saturated carbocycles. The summed E-state index contributed by atoms with van der Waals surface area (Å²) in [6.07, 6.45) is 0.667. The Morgan fingerprint density at radius 1 is 1.00 bits per heavy atom. The maximum absolute atomic E-state index is 13.2. The van der Waals surface area contributed by atoms with Crippen LogP contribution in [0.5, 0.6) is 17.2 Å². The molecule has 2 heterocycles. The third-order valence-electron chi connectivity index (χ3n) is 5.98. The van der Waals surface area contributed by atoms with Crippen LogP contribution in [0.2, 0.25) is 0 Å². The van der Waals surface area contributed by atoms with Gasteiger partial charge in [-0.05, 0) is 34.4 Å². The number of hydrogen-bond donors (Lipinski definition) is 2. The lowest BCUT2D eigenvalue weighted by Gasteiger charge is -2.39. The molecule has 0 unspecified atom stereocenters. The Hall–Kier alpha value is -3.54. The average Bonchev–Trinajstić information content (AvgIpc) is 3.12. The number of carbonyl (C=O) groups is 2. The van der Waals surface area contributed by atoms with Gasteiger partial charge in [0.1, 0.15) is 0 Å². The van der Waals surface area contributed by atoms with E-state index >= 15 is 0 Å². The fourth-order valence-corrected chi connectivity index (χ4v) is 4.69. The van der Waals surface area contributed by atoms with Crippen LogP contribution < -0.4 is 4.74 Å². The number of Topliss-reactive ketones (excluding diaryl/α,β-unsaturated/α-hetero) is 1. The molecule has 3 aromatic rings. The van der Waals surface area contributed by atoms with E-state index in [-0.39, 0.29) is 29.4 Å². The number of phenols is 2. The van der Waals surface area contributed by atoms with Gasteiger partial charge in [0, 0.05) is 6.42 Å². The number of methoxy groups -OCH3 is 1. The van der Waals surface area contributed by atoms with Crippen molar-refractivity contribution in [2.45, 2.75) is 24.9 Å². The first-order valence-corrected chi connectivity index (χ1v) is 9.48. The van der Waals surface area contributed by atoms with Crippen LogP contribution >= 0.6 is 0 Å². The number of benzene rings is 3. The molecule has 146 valence electrons. The first-order chi connectivity index (χ1) is 14.0. The fraction of sp³-hybridized carbons (Fsp3) is 0.217. The van der Waals surface area contributed by atoms with Gasteiger partial charge in [0.15, 0.2) is 17.3 Å². The highest BCUT2D eigenvalue weighted by molar-refractivity contribution is 6.09. The molecule has 0 aliphatic carbocycles. The number of fused-ring (bicyclic) bond motifs is 3. The molecule has 0 aromatic heterocycles. The third-order valence-corrected chi connectivity index (χ3v) is 5.98. The van der Waals surface area contributed by atoms with Crippen molar-refractivity contribution in [1.82, 2.24) is 4.90 Å². The summed E-state index contributed by atoms with van der Waals surface area (Å²) >= 11 is 0. The molecule has 2 atom stereocenters. The fourth-order valence-electron chi connectivity index (χ4n) is 4.69. The molecule has 0 bridgehead atoms. The van der Waals surface area contributed by atoms with Crippen LogP contribution in [0, 0.1) is 0 Å². The van der Waals surface area contributed by atoms with Crippen LogP contribution in [-0.4, -0.2) is 40.0 Å². The zero-order valence-electron chi connectivity index (χ0n) is 15.8. The number of rotatable bonds is 2. The number of carbonyl (C=O) groups excluding carboxylic acids is 2. The van der Waals surface area contributed by atoms with Crippen LogP contribution in [0.1, 0.15) is 40.4 Å². The molecule has 1 amide bonds. The van der Waals surface area contributed by atoms with E-state index in [1.807, 2.05) is 42.5 Å². The van der Waals surface area contributed by atoms with Gasteiger partial charge in [-0.2, -0.15) is 0 Å². The molecule has 3 aromatic carbocycles. The zero-order valence-corrected chi connectivity index (χ0v) is 15.8. The number of ether oxygens (including phenoxy) is 1. The third kappa shape index (κ3) is 2.35. The highest BCUT2D eigenvalue weighted by Gasteiger charge is 2.49. The molecule has 2 aliphatic heterocycles. The summed E-state index contributed by atoms with van der Waals surface area (Å²) in [4.78, 5) is 27.6. The van der Waals surface area contributed by atoms with Crippen molar-refractivity contribution in [3.63, 3.8) is 0 Å². The largest absolute Gasteiger partial charge is 0.504 e. The molecule has 29 heavy (non-hydrogen) atoms. The van der Waals surface area contributed by atoms with E-state index in [2.05, 4.69) is 0 Å². The maximum Gasteiger partial charge on any atom is 0.224 e. The number of amides is 1. The molecule has 5 rings (SSSR count). The SMILES string of the molecule is COc1cc2c(c(O)c1O)C(=O)[C@@H]1CCC(=O)N1[C@H]2c1cccc2ccccc12. The van der Waals surface area contributed by atoms with Gasteiger partial charge < -0.3 is 19.8 Å². The number of hydrogen-bond acceptors (Lipinski definition) is 5. The van der Waals surface area contributed by atoms with E-state index in [1.165, 1.54) is 7.11 Å². The maximum atomic E-state index is 13.2. The lowest BCUT2D eigenvalue weighted by atomic mass is 9.82. The second-order valence-corrected chi connectivity index (χ2v) is 7.43. The Morgan fingerprint density at radius 2 is 1.76 bits per heavy atom. The minimum atomic E-state index is -0.655. The Kier molecular flexibility index (Phi) is 3.77. The Labute approximate surface area is 166 Å². The summed E-state index contributed by atoms with van der Waals surface area (Å²) < 4.78 is 5.21. The zero-order chi connectivity index (χ0) is 20.3. The Balaban J connectivity index is 1.86. The summed E-state index contributed by atoms with van der Waals surface area (Å²) in [5.74, 6) is -1.34. The molecule has 1 saturated heterocycles. The Morgan fingerprint density at radius 3 is 2.55 bits per heavy atom. The highest BCUT2D eigenvalue weighted by Crippen LogP contribution is 2.51. The van der Waals surface area contributed by atoms with Crippen LogP contribution in [0.15, 0.2) is 48.5 Å². The predicted molar refractivity (Wildman–Crippen MR) is 106 cm³/mol. The lowest BCUT2D eigenvalue weighted by Crippen LogP contribution is -2.46. The quantitative estimate of drug-likeness (QED) is 0.655. The first kappa shape index (κ1) is 17.6. The molecule has 2 aliphatic rings. The van der Waals surface area contributed by atoms with E-state index in [1.54, 1.807) is 11.0 Å². The van der Waals surface area contributed by atoms with E-state index in [9.17, 15) is 19.8 Å². The van der Waals surface area contributed by atoms with Crippen molar-refractivity contribution in [2.75, 3.05) is 7.11 Å². The van der Waals surface area contributed by atoms with Crippen molar-refractivity contribution in [3.05, 3.63) is 65.2 Å². The standard InChI is InChI=1S/C23H19NO5/c1-29-17-11-15-19(23(28)22(17)27)21(26)16-9-10-18(25)24(16)20(15)14-8-4-6-12-5-2-3-7-13(12)14/h2-8,11,16,20,27-28H,9-10H2,1H3/t16-,20-/m0/s1. The van der Waals surface area contributed by atoms with Crippen LogP contribution in [0.4, 0.5) is 0 Å². The van der Waals surface area contributed by atoms with Gasteiger partial charge in [-0.3, -0.25) is 9.59 Å².